The van der Waals surface area contributed by atoms with Crippen molar-refractivity contribution in [2.24, 2.45) is 0 Å². The fraction of sp³-hybridized carbons (Fsp3) is 0.0667. The van der Waals surface area contributed by atoms with Crippen LogP contribution in [0, 0.1) is 10.1 Å². The van der Waals surface area contributed by atoms with Crippen LogP contribution in [0.15, 0.2) is 103 Å². The topological polar surface area (TPSA) is 81.7 Å². The predicted molar refractivity (Wildman–Crippen MR) is 139 cm³/mol. The van der Waals surface area contributed by atoms with Gasteiger partial charge in [0.05, 0.1) is 16.1 Å². The fourth-order valence-corrected chi connectivity index (χ4v) is 4.37. The van der Waals surface area contributed by atoms with Gasteiger partial charge in [0.25, 0.3) is 5.69 Å². The first kappa shape index (κ1) is 22.9. The normalized spacial score (nSPS) is 10.9. The zero-order chi connectivity index (χ0) is 25.2. The van der Waals surface area contributed by atoms with Gasteiger partial charge in [0.2, 0.25) is 5.78 Å². The van der Waals surface area contributed by atoms with Crippen LogP contribution in [0.25, 0.3) is 16.6 Å². The molecule has 0 radical (unpaired) electrons. The first-order valence-electron chi connectivity index (χ1n) is 11.5. The fourth-order valence-electron chi connectivity index (χ4n) is 4.37. The van der Waals surface area contributed by atoms with Gasteiger partial charge in [-0.05, 0) is 53.8 Å². The van der Waals surface area contributed by atoms with E-state index in [0.717, 1.165) is 22.3 Å². The molecule has 0 saturated carbocycles. The standard InChI is InChI=1S/C30H22N2O4/c1-20(33)27-19-29(30(34)25-11-9-24(10-12-25)23-5-3-2-4-6-23)31-16-15-22(18-28(27)31)17-21-7-13-26(14-8-21)32(35)36/h2-16,18-19H,17H2,1H3. The van der Waals surface area contributed by atoms with E-state index in [1.165, 1.54) is 19.1 Å². The maximum absolute atomic E-state index is 13.4. The number of non-ortho nitro benzene ring substituents is 1. The Labute approximate surface area is 207 Å². The molecule has 36 heavy (non-hydrogen) atoms. The van der Waals surface area contributed by atoms with Crippen molar-refractivity contribution < 1.29 is 14.5 Å². The molecule has 0 bridgehead atoms. The zero-order valence-corrected chi connectivity index (χ0v) is 19.5. The van der Waals surface area contributed by atoms with Crippen molar-refractivity contribution in [3.05, 3.63) is 141 Å². The van der Waals surface area contributed by atoms with Gasteiger partial charge in [-0.2, -0.15) is 0 Å². The van der Waals surface area contributed by atoms with Crippen LogP contribution in [-0.2, 0) is 6.42 Å². The summed E-state index contributed by atoms with van der Waals surface area (Å²) in [6.45, 7) is 1.49. The minimum Gasteiger partial charge on any atom is -0.313 e. The molecule has 0 atom stereocenters. The second kappa shape index (κ2) is 9.43. The molecule has 5 rings (SSSR count). The lowest BCUT2D eigenvalue weighted by Gasteiger charge is -2.07. The predicted octanol–water partition coefficient (Wildman–Crippen LogP) is 6.54. The highest BCUT2D eigenvalue weighted by molar-refractivity contribution is 6.12. The highest BCUT2D eigenvalue weighted by Crippen LogP contribution is 2.25. The van der Waals surface area contributed by atoms with E-state index in [1.807, 2.05) is 54.6 Å². The Morgan fingerprint density at radius 1 is 0.806 bits per heavy atom. The summed E-state index contributed by atoms with van der Waals surface area (Å²) in [4.78, 5) is 36.3. The average molecular weight is 475 g/mol. The lowest BCUT2D eigenvalue weighted by molar-refractivity contribution is -0.384. The SMILES string of the molecule is CC(=O)c1cc(C(=O)c2ccc(-c3ccccc3)cc2)n2ccc(Cc3ccc([N+](=O)[O-])cc3)cc12. The summed E-state index contributed by atoms with van der Waals surface area (Å²) in [6, 6.07) is 29.2. The minimum atomic E-state index is -0.427. The maximum Gasteiger partial charge on any atom is 0.269 e. The molecule has 6 nitrogen and oxygen atoms in total. The van der Waals surface area contributed by atoms with Crippen LogP contribution < -0.4 is 0 Å². The van der Waals surface area contributed by atoms with Gasteiger partial charge in [0.1, 0.15) is 0 Å². The van der Waals surface area contributed by atoms with Gasteiger partial charge in [-0.25, -0.2) is 0 Å². The number of hydrogen-bond acceptors (Lipinski definition) is 4. The highest BCUT2D eigenvalue weighted by Gasteiger charge is 2.19. The molecule has 6 heteroatoms. The summed E-state index contributed by atoms with van der Waals surface area (Å²) in [5.41, 5.74) is 6.08. The van der Waals surface area contributed by atoms with Crippen molar-refractivity contribution in [3.8, 4) is 11.1 Å². The lowest BCUT2D eigenvalue weighted by Crippen LogP contribution is -2.05. The molecule has 0 aliphatic rings. The molecule has 0 aliphatic heterocycles. The average Bonchev–Trinajstić information content (AvgIpc) is 3.28. The van der Waals surface area contributed by atoms with Crippen LogP contribution >= 0.6 is 0 Å². The summed E-state index contributed by atoms with van der Waals surface area (Å²) < 4.78 is 1.75. The second-order valence-corrected chi connectivity index (χ2v) is 8.66. The summed E-state index contributed by atoms with van der Waals surface area (Å²) in [6.07, 6.45) is 2.34. The zero-order valence-electron chi connectivity index (χ0n) is 19.5. The van der Waals surface area contributed by atoms with Gasteiger partial charge in [0.15, 0.2) is 5.78 Å². The van der Waals surface area contributed by atoms with E-state index in [2.05, 4.69) is 0 Å². The summed E-state index contributed by atoms with van der Waals surface area (Å²) in [5, 5.41) is 10.9. The number of aromatic nitrogens is 1. The number of nitro benzene ring substituents is 1. The first-order valence-corrected chi connectivity index (χ1v) is 11.5. The monoisotopic (exact) mass is 474 g/mol. The molecule has 2 heterocycles. The molecule has 0 aliphatic carbocycles. The number of nitro groups is 1. The molecule has 0 amide bonds. The Balaban J connectivity index is 1.47. The Morgan fingerprint density at radius 3 is 2.11 bits per heavy atom. The van der Waals surface area contributed by atoms with Crippen LogP contribution in [0.3, 0.4) is 0 Å². The van der Waals surface area contributed by atoms with Crippen molar-refractivity contribution in [1.29, 1.82) is 0 Å². The molecule has 0 N–H and O–H groups in total. The van der Waals surface area contributed by atoms with Crippen molar-refractivity contribution in [2.45, 2.75) is 13.3 Å². The lowest BCUT2D eigenvalue weighted by atomic mass is 10.0. The van der Waals surface area contributed by atoms with Gasteiger partial charge in [-0.1, -0.05) is 66.7 Å². The number of carbonyl (C=O) groups excluding carboxylic acids is 2. The van der Waals surface area contributed by atoms with Crippen molar-refractivity contribution in [1.82, 2.24) is 4.40 Å². The largest absolute Gasteiger partial charge is 0.313 e. The van der Waals surface area contributed by atoms with Gasteiger partial charge in [-0.15, -0.1) is 0 Å². The van der Waals surface area contributed by atoms with Crippen molar-refractivity contribution >= 4 is 22.8 Å². The Bertz CT molecular complexity index is 1600. The van der Waals surface area contributed by atoms with Crippen molar-refractivity contribution in [3.63, 3.8) is 0 Å². The van der Waals surface area contributed by atoms with E-state index < -0.39 is 4.92 Å². The Hall–Kier alpha value is -4.84. The van der Waals surface area contributed by atoms with E-state index in [1.54, 1.807) is 40.9 Å². The number of nitrogens with zero attached hydrogens (tertiary/aromatic N) is 2. The quantitative estimate of drug-likeness (QED) is 0.152. The number of carbonyl (C=O) groups is 2. The molecule has 0 unspecified atom stereocenters. The van der Waals surface area contributed by atoms with Crippen LogP contribution in [-0.4, -0.2) is 20.9 Å². The number of ketones is 2. The van der Waals surface area contributed by atoms with E-state index in [9.17, 15) is 19.7 Å². The number of fused-ring (bicyclic) bond motifs is 1. The molecule has 2 aromatic heterocycles. The molecule has 176 valence electrons. The van der Waals surface area contributed by atoms with E-state index >= 15 is 0 Å². The third-order valence-electron chi connectivity index (χ3n) is 6.26. The molecular weight excluding hydrogens is 452 g/mol. The molecule has 3 aromatic carbocycles. The van der Waals surface area contributed by atoms with Gasteiger partial charge < -0.3 is 4.40 Å². The van der Waals surface area contributed by atoms with Crippen molar-refractivity contribution in [2.75, 3.05) is 0 Å². The molecule has 0 fully saturated rings. The second-order valence-electron chi connectivity index (χ2n) is 8.66. The number of hydrogen-bond donors (Lipinski definition) is 0. The van der Waals surface area contributed by atoms with Crippen LogP contribution in [0.4, 0.5) is 5.69 Å². The van der Waals surface area contributed by atoms with Crippen LogP contribution in [0.5, 0.6) is 0 Å². The van der Waals surface area contributed by atoms with E-state index in [0.29, 0.717) is 28.8 Å². The number of pyridine rings is 1. The third-order valence-corrected chi connectivity index (χ3v) is 6.26. The summed E-state index contributed by atoms with van der Waals surface area (Å²) >= 11 is 0. The summed E-state index contributed by atoms with van der Waals surface area (Å²) in [5.74, 6) is -0.293. The van der Waals surface area contributed by atoms with Gasteiger partial charge >= 0.3 is 0 Å². The maximum atomic E-state index is 13.4. The summed E-state index contributed by atoms with van der Waals surface area (Å²) in [7, 11) is 0. The van der Waals surface area contributed by atoms with Gasteiger partial charge in [0, 0.05) is 29.5 Å². The number of benzene rings is 3. The van der Waals surface area contributed by atoms with Gasteiger partial charge in [-0.3, -0.25) is 19.7 Å². The molecular formula is C30H22N2O4. The minimum absolute atomic E-state index is 0.0413. The number of Topliss-reactive ketones (excluding diaryl/α,β-unsaturated/α-hetero) is 1. The molecule has 0 saturated heterocycles. The third kappa shape index (κ3) is 4.44. The van der Waals surface area contributed by atoms with E-state index in [4.69, 9.17) is 0 Å². The Kier molecular flexibility index (Phi) is 6.00. The highest BCUT2D eigenvalue weighted by atomic mass is 16.6. The Morgan fingerprint density at radius 2 is 1.47 bits per heavy atom. The molecule has 0 spiro atoms. The van der Waals surface area contributed by atoms with Crippen LogP contribution in [0.2, 0.25) is 0 Å². The van der Waals surface area contributed by atoms with E-state index in [-0.39, 0.29) is 17.3 Å². The van der Waals surface area contributed by atoms with Crippen LogP contribution in [0.1, 0.15) is 44.5 Å². The smallest absolute Gasteiger partial charge is 0.269 e. The molecule has 5 aromatic rings. The number of rotatable bonds is 7. The first-order chi connectivity index (χ1) is 17.4.